The molecule has 2 amide bonds. The summed E-state index contributed by atoms with van der Waals surface area (Å²) in [6.45, 7) is 14.1. The van der Waals surface area contributed by atoms with Crippen molar-refractivity contribution in [1.29, 1.82) is 0 Å². The zero-order valence-electron chi connectivity index (χ0n) is 15.5. The van der Waals surface area contributed by atoms with Crippen molar-refractivity contribution in [3.05, 3.63) is 0 Å². The van der Waals surface area contributed by atoms with Gasteiger partial charge in [-0.15, -0.1) is 0 Å². The Bertz CT molecular complexity index is 418. The van der Waals surface area contributed by atoms with Crippen LogP contribution in [-0.2, 0) is 9.53 Å². The number of likely N-dealkylation sites (tertiary alicyclic amines) is 1. The fourth-order valence-electron chi connectivity index (χ4n) is 2.66. The predicted molar refractivity (Wildman–Crippen MR) is 91.0 cm³/mol. The van der Waals surface area contributed by atoms with Crippen molar-refractivity contribution >= 4 is 12.0 Å². The maximum atomic E-state index is 12.4. The fraction of sp³-hybridized carbons (Fsp3) is 0.882. The van der Waals surface area contributed by atoms with Crippen molar-refractivity contribution in [3.8, 4) is 0 Å². The molecule has 0 radical (unpaired) electrons. The van der Waals surface area contributed by atoms with Gasteiger partial charge in [-0.3, -0.25) is 4.79 Å². The third kappa shape index (κ3) is 6.01. The molecule has 1 heterocycles. The zero-order valence-corrected chi connectivity index (χ0v) is 15.5. The molecule has 0 aliphatic carbocycles. The van der Waals surface area contributed by atoms with Gasteiger partial charge >= 0.3 is 6.09 Å². The number of amides is 2. The predicted octanol–water partition coefficient (Wildman–Crippen LogP) is 2.08. The molecular formula is C17H33N3O3. The Kier molecular flexibility index (Phi) is 6.86. The van der Waals surface area contributed by atoms with Crippen molar-refractivity contribution in [2.45, 2.75) is 59.6 Å². The Morgan fingerprint density at radius 3 is 2.43 bits per heavy atom. The lowest BCUT2D eigenvalue weighted by Gasteiger charge is -2.29. The van der Waals surface area contributed by atoms with E-state index in [0.717, 1.165) is 6.42 Å². The van der Waals surface area contributed by atoms with Crippen LogP contribution in [-0.4, -0.2) is 59.6 Å². The molecule has 0 aromatic heterocycles. The van der Waals surface area contributed by atoms with E-state index in [1.807, 2.05) is 46.4 Å². The summed E-state index contributed by atoms with van der Waals surface area (Å²) in [7, 11) is 0. The number of ether oxygens (including phenoxy) is 1. The van der Waals surface area contributed by atoms with E-state index in [4.69, 9.17) is 10.5 Å². The highest BCUT2D eigenvalue weighted by molar-refractivity contribution is 5.81. The summed E-state index contributed by atoms with van der Waals surface area (Å²) in [5.41, 5.74) is 5.50. The topological polar surface area (TPSA) is 75.9 Å². The Morgan fingerprint density at radius 1 is 1.35 bits per heavy atom. The molecule has 2 N–H and O–H groups in total. The second-order valence-electron chi connectivity index (χ2n) is 7.73. The first-order valence-electron chi connectivity index (χ1n) is 8.57. The van der Waals surface area contributed by atoms with Crippen LogP contribution in [0.1, 0.15) is 48.0 Å². The number of carbonyl (C=O) groups is 2. The van der Waals surface area contributed by atoms with E-state index in [-0.39, 0.29) is 23.8 Å². The molecule has 1 fully saturated rings. The number of rotatable bonds is 5. The molecule has 0 aromatic carbocycles. The molecule has 2 atom stereocenters. The minimum atomic E-state index is -0.482. The number of hydrogen-bond acceptors (Lipinski definition) is 4. The van der Waals surface area contributed by atoms with Crippen LogP contribution in [0.3, 0.4) is 0 Å². The third-order valence-electron chi connectivity index (χ3n) is 4.11. The van der Waals surface area contributed by atoms with Crippen LogP contribution in [0.2, 0.25) is 0 Å². The molecule has 0 unspecified atom stereocenters. The quantitative estimate of drug-likeness (QED) is 0.839. The molecule has 1 aliphatic rings. The minimum Gasteiger partial charge on any atom is -0.444 e. The maximum Gasteiger partial charge on any atom is 0.410 e. The Morgan fingerprint density at radius 2 is 1.96 bits per heavy atom. The number of nitrogens with zero attached hydrogens (tertiary/aromatic N) is 2. The van der Waals surface area contributed by atoms with Crippen molar-refractivity contribution in [1.82, 2.24) is 9.80 Å². The van der Waals surface area contributed by atoms with Crippen LogP contribution in [0.4, 0.5) is 4.79 Å². The van der Waals surface area contributed by atoms with Gasteiger partial charge < -0.3 is 20.3 Å². The van der Waals surface area contributed by atoms with Crippen molar-refractivity contribution in [2.24, 2.45) is 17.6 Å². The Balaban J connectivity index is 2.55. The van der Waals surface area contributed by atoms with Crippen molar-refractivity contribution in [2.75, 3.05) is 26.2 Å². The highest BCUT2D eigenvalue weighted by atomic mass is 16.6. The van der Waals surface area contributed by atoms with Gasteiger partial charge in [-0.2, -0.15) is 0 Å². The first-order chi connectivity index (χ1) is 10.5. The van der Waals surface area contributed by atoms with E-state index in [2.05, 4.69) is 0 Å². The van der Waals surface area contributed by atoms with Crippen LogP contribution in [0.15, 0.2) is 0 Å². The second-order valence-corrected chi connectivity index (χ2v) is 7.73. The Labute approximate surface area is 140 Å². The first kappa shape index (κ1) is 19.7. The molecular weight excluding hydrogens is 294 g/mol. The molecule has 0 saturated carbocycles. The summed E-state index contributed by atoms with van der Waals surface area (Å²) in [6.07, 6.45) is 0.619. The van der Waals surface area contributed by atoms with Gasteiger partial charge in [-0.25, -0.2) is 4.79 Å². The molecule has 1 aliphatic heterocycles. The van der Waals surface area contributed by atoms with E-state index >= 15 is 0 Å². The van der Waals surface area contributed by atoms with Gasteiger partial charge in [0.1, 0.15) is 5.60 Å². The molecule has 1 saturated heterocycles. The maximum absolute atomic E-state index is 12.4. The van der Waals surface area contributed by atoms with Crippen LogP contribution < -0.4 is 5.73 Å². The van der Waals surface area contributed by atoms with Crippen LogP contribution in [0.5, 0.6) is 0 Å². The van der Waals surface area contributed by atoms with E-state index < -0.39 is 11.6 Å². The monoisotopic (exact) mass is 327 g/mol. The number of likely N-dealkylation sites (N-methyl/N-ethyl adjacent to an activating group) is 1. The highest BCUT2D eigenvalue weighted by Gasteiger charge is 2.32. The number of carbonyl (C=O) groups excluding carboxylic acids is 2. The average Bonchev–Trinajstić information content (AvgIpc) is 2.90. The third-order valence-corrected chi connectivity index (χ3v) is 4.11. The highest BCUT2D eigenvalue weighted by Crippen LogP contribution is 2.21. The molecule has 0 aromatic rings. The van der Waals surface area contributed by atoms with Gasteiger partial charge in [-0.1, -0.05) is 13.8 Å². The summed E-state index contributed by atoms with van der Waals surface area (Å²) in [6, 6.07) is -0.460. The molecule has 6 heteroatoms. The number of hydrogen-bond donors (Lipinski definition) is 1. The van der Waals surface area contributed by atoms with Gasteiger partial charge in [-0.05, 0) is 46.0 Å². The summed E-state index contributed by atoms with van der Waals surface area (Å²) in [4.78, 5) is 28.0. The molecule has 6 nitrogen and oxygen atoms in total. The summed E-state index contributed by atoms with van der Waals surface area (Å²) < 4.78 is 5.40. The standard InChI is InChI=1S/C17H33N3O3/c1-7-19(15(21)14(18)12(2)3)10-13-8-9-20(11-13)16(22)23-17(4,5)6/h12-14H,7-11,18H2,1-6H3/t13-,14-/m0/s1. The molecule has 1 rings (SSSR count). The van der Waals surface area contributed by atoms with Gasteiger partial charge in [0.15, 0.2) is 0 Å². The number of nitrogens with two attached hydrogens (primary N) is 1. The molecule has 23 heavy (non-hydrogen) atoms. The summed E-state index contributed by atoms with van der Waals surface area (Å²) in [5.74, 6) is 0.405. The zero-order chi connectivity index (χ0) is 17.8. The second kappa shape index (κ2) is 7.99. The average molecular weight is 327 g/mol. The Hall–Kier alpha value is -1.30. The molecule has 0 spiro atoms. The SMILES string of the molecule is CCN(C[C@@H]1CCN(C(=O)OC(C)(C)C)C1)C(=O)[C@@H](N)C(C)C. The van der Waals surface area contributed by atoms with Crippen molar-refractivity contribution < 1.29 is 14.3 Å². The lowest BCUT2D eigenvalue weighted by atomic mass is 10.0. The minimum absolute atomic E-state index is 0.00165. The van der Waals surface area contributed by atoms with Crippen LogP contribution in [0.25, 0.3) is 0 Å². The fourth-order valence-corrected chi connectivity index (χ4v) is 2.66. The molecule has 134 valence electrons. The van der Waals surface area contributed by atoms with E-state index in [9.17, 15) is 9.59 Å². The van der Waals surface area contributed by atoms with Crippen LogP contribution >= 0.6 is 0 Å². The first-order valence-corrected chi connectivity index (χ1v) is 8.57. The van der Waals surface area contributed by atoms with E-state index in [0.29, 0.717) is 26.2 Å². The van der Waals surface area contributed by atoms with Gasteiger partial charge in [0, 0.05) is 26.2 Å². The van der Waals surface area contributed by atoms with Gasteiger partial charge in [0.25, 0.3) is 0 Å². The van der Waals surface area contributed by atoms with Gasteiger partial charge in [0.05, 0.1) is 6.04 Å². The normalized spacial score (nSPS) is 19.8. The lowest BCUT2D eigenvalue weighted by molar-refractivity contribution is -0.133. The largest absolute Gasteiger partial charge is 0.444 e. The summed E-state index contributed by atoms with van der Waals surface area (Å²) in [5, 5.41) is 0. The smallest absolute Gasteiger partial charge is 0.410 e. The van der Waals surface area contributed by atoms with Gasteiger partial charge in [0.2, 0.25) is 5.91 Å². The summed E-state index contributed by atoms with van der Waals surface area (Å²) >= 11 is 0. The lowest BCUT2D eigenvalue weighted by Crippen LogP contribution is -2.48. The molecule has 0 bridgehead atoms. The van der Waals surface area contributed by atoms with E-state index in [1.54, 1.807) is 4.90 Å². The van der Waals surface area contributed by atoms with Crippen LogP contribution in [0, 0.1) is 11.8 Å². The van der Waals surface area contributed by atoms with E-state index in [1.165, 1.54) is 0 Å². The van der Waals surface area contributed by atoms with Crippen molar-refractivity contribution in [3.63, 3.8) is 0 Å².